The molecule has 1 saturated carbocycles. The summed E-state index contributed by atoms with van der Waals surface area (Å²) in [5.41, 5.74) is 1.28. The molecule has 4 nitrogen and oxygen atoms in total. The van der Waals surface area contributed by atoms with Crippen LogP contribution in [0.1, 0.15) is 49.6 Å². The van der Waals surface area contributed by atoms with E-state index in [4.69, 9.17) is 4.98 Å². The van der Waals surface area contributed by atoms with Crippen LogP contribution in [0.4, 0.5) is 5.13 Å². The van der Waals surface area contributed by atoms with Gasteiger partial charge in [0.15, 0.2) is 5.13 Å². The van der Waals surface area contributed by atoms with E-state index in [0.29, 0.717) is 5.92 Å². The van der Waals surface area contributed by atoms with Gasteiger partial charge in [-0.2, -0.15) is 0 Å². The van der Waals surface area contributed by atoms with Crippen molar-refractivity contribution in [3.8, 4) is 0 Å². The highest BCUT2D eigenvalue weighted by Gasteiger charge is 2.25. The molecule has 1 aliphatic heterocycles. The van der Waals surface area contributed by atoms with Crippen LogP contribution < -0.4 is 10.2 Å². The second-order valence-corrected chi connectivity index (χ2v) is 8.86. The van der Waals surface area contributed by atoms with Crippen molar-refractivity contribution in [3.63, 3.8) is 0 Å². The molecule has 118 valence electrons. The summed E-state index contributed by atoms with van der Waals surface area (Å²) in [4.78, 5) is 8.65. The molecule has 0 bridgehead atoms. The Morgan fingerprint density at radius 2 is 2.14 bits per heavy atom. The summed E-state index contributed by atoms with van der Waals surface area (Å²) in [5, 5.41) is 4.75. The van der Waals surface area contributed by atoms with Gasteiger partial charge in [-0.15, -0.1) is 11.3 Å². The predicted octanol–water partition coefficient (Wildman–Crippen LogP) is 2.48. The number of hydrogen-bond acceptors (Lipinski definition) is 5. The average molecular weight is 328 g/mol. The SMILES string of the molecule is CCC(C)c1nc(N2CCS(=O)CC2)sc1CNC1CC1. The van der Waals surface area contributed by atoms with Crippen LogP contribution in [0, 0.1) is 0 Å². The lowest BCUT2D eigenvalue weighted by Gasteiger charge is -2.25. The lowest BCUT2D eigenvalue weighted by molar-refractivity contribution is 0.659. The monoisotopic (exact) mass is 327 g/mol. The molecular formula is C15H25N3OS2. The Kier molecular flexibility index (Phi) is 4.96. The standard InChI is InChI=1S/C15H25N3OS2/c1-3-11(2)14-13(10-16-12-4-5-12)20-15(17-14)18-6-8-21(19)9-7-18/h11-12,16H,3-10H2,1-2H3. The Balaban J connectivity index is 1.75. The second-order valence-electron chi connectivity index (χ2n) is 6.10. The first kappa shape index (κ1) is 15.4. The van der Waals surface area contributed by atoms with Crippen molar-refractivity contribution in [2.45, 2.75) is 51.6 Å². The minimum atomic E-state index is -0.622. The van der Waals surface area contributed by atoms with Crippen LogP contribution in [0.25, 0.3) is 0 Å². The number of nitrogens with one attached hydrogen (secondary N) is 1. The van der Waals surface area contributed by atoms with Gasteiger partial charge in [0.05, 0.1) is 5.69 Å². The molecule has 3 rings (SSSR count). The highest BCUT2D eigenvalue weighted by Crippen LogP contribution is 2.33. The van der Waals surface area contributed by atoms with Crippen LogP contribution in [-0.2, 0) is 17.3 Å². The molecule has 0 radical (unpaired) electrons. The van der Waals surface area contributed by atoms with Gasteiger partial charge in [0.1, 0.15) is 0 Å². The first-order valence-corrected chi connectivity index (χ1v) is 10.3. The number of anilines is 1. The van der Waals surface area contributed by atoms with Crippen molar-refractivity contribution in [1.29, 1.82) is 0 Å². The van der Waals surface area contributed by atoms with Gasteiger partial charge < -0.3 is 10.2 Å². The molecule has 1 aromatic heterocycles. The van der Waals surface area contributed by atoms with E-state index in [1.165, 1.54) is 23.4 Å². The maximum Gasteiger partial charge on any atom is 0.185 e. The van der Waals surface area contributed by atoms with Crippen molar-refractivity contribution in [1.82, 2.24) is 10.3 Å². The van der Waals surface area contributed by atoms with Gasteiger partial charge in [0.25, 0.3) is 0 Å². The van der Waals surface area contributed by atoms with Gasteiger partial charge >= 0.3 is 0 Å². The van der Waals surface area contributed by atoms with E-state index >= 15 is 0 Å². The van der Waals surface area contributed by atoms with Gasteiger partial charge in [-0.3, -0.25) is 4.21 Å². The summed E-state index contributed by atoms with van der Waals surface area (Å²) in [5.74, 6) is 2.09. The van der Waals surface area contributed by atoms with E-state index in [1.807, 2.05) is 11.3 Å². The van der Waals surface area contributed by atoms with Crippen molar-refractivity contribution in [3.05, 3.63) is 10.6 Å². The van der Waals surface area contributed by atoms with Gasteiger partial charge in [-0.1, -0.05) is 13.8 Å². The van der Waals surface area contributed by atoms with Gasteiger partial charge in [-0.25, -0.2) is 4.98 Å². The van der Waals surface area contributed by atoms with E-state index in [1.54, 1.807) is 0 Å². The van der Waals surface area contributed by atoms with Gasteiger partial charge in [0, 0.05) is 52.9 Å². The average Bonchev–Trinajstić information content (AvgIpc) is 3.23. The lowest BCUT2D eigenvalue weighted by Crippen LogP contribution is -2.37. The fourth-order valence-corrected chi connectivity index (χ4v) is 4.78. The molecule has 6 heteroatoms. The molecular weight excluding hydrogens is 302 g/mol. The molecule has 0 spiro atoms. The van der Waals surface area contributed by atoms with Crippen molar-refractivity contribution in [2.75, 3.05) is 29.5 Å². The number of rotatable bonds is 6. The zero-order chi connectivity index (χ0) is 14.8. The Bertz CT molecular complexity index is 503. The molecule has 2 heterocycles. The van der Waals surface area contributed by atoms with E-state index < -0.39 is 10.8 Å². The number of thiazole rings is 1. The molecule has 2 aliphatic rings. The van der Waals surface area contributed by atoms with E-state index in [-0.39, 0.29) is 0 Å². The third-order valence-corrected chi connectivity index (χ3v) is 6.78. The number of aromatic nitrogens is 1. The lowest BCUT2D eigenvalue weighted by atomic mass is 10.0. The first-order chi connectivity index (χ1) is 10.2. The molecule has 1 N–H and O–H groups in total. The molecule has 0 amide bonds. The zero-order valence-electron chi connectivity index (χ0n) is 12.9. The van der Waals surface area contributed by atoms with Crippen LogP contribution in [0.2, 0.25) is 0 Å². The van der Waals surface area contributed by atoms with Gasteiger partial charge in [0.2, 0.25) is 0 Å². The minimum Gasteiger partial charge on any atom is -0.346 e. The summed E-state index contributed by atoms with van der Waals surface area (Å²) in [7, 11) is -0.622. The van der Waals surface area contributed by atoms with Crippen LogP contribution >= 0.6 is 11.3 Å². The van der Waals surface area contributed by atoms with Crippen LogP contribution in [0.15, 0.2) is 0 Å². The van der Waals surface area contributed by atoms with Gasteiger partial charge in [-0.05, 0) is 25.2 Å². The highest BCUT2D eigenvalue weighted by atomic mass is 32.2. The third-order valence-electron chi connectivity index (χ3n) is 4.37. The predicted molar refractivity (Wildman–Crippen MR) is 90.8 cm³/mol. The Labute approximate surface area is 133 Å². The molecule has 1 aliphatic carbocycles. The van der Waals surface area contributed by atoms with Crippen molar-refractivity contribution in [2.24, 2.45) is 0 Å². The number of hydrogen-bond donors (Lipinski definition) is 1. The van der Waals surface area contributed by atoms with E-state index in [0.717, 1.165) is 48.7 Å². The Morgan fingerprint density at radius 1 is 1.43 bits per heavy atom. The molecule has 1 saturated heterocycles. The third kappa shape index (κ3) is 3.85. The summed E-state index contributed by atoms with van der Waals surface area (Å²) in [6.45, 7) is 7.23. The van der Waals surface area contributed by atoms with Crippen LogP contribution in [0.5, 0.6) is 0 Å². The molecule has 0 aromatic carbocycles. The summed E-state index contributed by atoms with van der Waals surface area (Å²) in [6, 6.07) is 0.734. The smallest absolute Gasteiger partial charge is 0.185 e. The topological polar surface area (TPSA) is 45.2 Å². The summed E-state index contributed by atoms with van der Waals surface area (Å²) >= 11 is 1.83. The zero-order valence-corrected chi connectivity index (χ0v) is 14.6. The normalized spacial score (nSPS) is 21.7. The quantitative estimate of drug-likeness (QED) is 0.872. The Hall–Kier alpha value is -0.460. The van der Waals surface area contributed by atoms with Crippen LogP contribution in [-0.4, -0.2) is 39.8 Å². The highest BCUT2D eigenvalue weighted by molar-refractivity contribution is 7.85. The first-order valence-electron chi connectivity index (χ1n) is 8.00. The van der Waals surface area contributed by atoms with Crippen molar-refractivity contribution < 1.29 is 4.21 Å². The summed E-state index contributed by atoms with van der Waals surface area (Å²) in [6.07, 6.45) is 3.77. The van der Waals surface area contributed by atoms with Crippen molar-refractivity contribution >= 4 is 27.3 Å². The maximum atomic E-state index is 11.5. The van der Waals surface area contributed by atoms with Crippen LogP contribution in [0.3, 0.4) is 0 Å². The summed E-state index contributed by atoms with van der Waals surface area (Å²) < 4.78 is 11.5. The van der Waals surface area contributed by atoms with E-state index in [9.17, 15) is 4.21 Å². The second kappa shape index (κ2) is 6.75. The molecule has 21 heavy (non-hydrogen) atoms. The maximum absolute atomic E-state index is 11.5. The number of nitrogens with zero attached hydrogens (tertiary/aromatic N) is 2. The van der Waals surface area contributed by atoms with E-state index in [2.05, 4.69) is 24.1 Å². The molecule has 1 unspecified atom stereocenters. The Morgan fingerprint density at radius 3 is 2.76 bits per heavy atom. The largest absolute Gasteiger partial charge is 0.346 e. The molecule has 2 fully saturated rings. The molecule has 1 aromatic rings. The molecule has 1 atom stereocenters. The minimum absolute atomic E-state index is 0.518. The fraction of sp³-hybridized carbons (Fsp3) is 0.800. The fourth-order valence-electron chi connectivity index (χ4n) is 2.54.